The molecule has 6 heteroatoms. The predicted molar refractivity (Wildman–Crippen MR) is 91.7 cm³/mol. The summed E-state index contributed by atoms with van der Waals surface area (Å²) in [6, 6.07) is 11.0. The molecule has 1 heterocycles. The molecule has 0 aliphatic heterocycles. The maximum atomic E-state index is 12.4. The predicted octanol–water partition coefficient (Wildman–Crippen LogP) is 3.34. The van der Waals surface area contributed by atoms with Gasteiger partial charge in [0, 0.05) is 11.5 Å². The molecular formula is C19H16O6. The van der Waals surface area contributed by atoms with Crippen LogP contribution in [-0.4, -0.2) is 20.2 Å². The first-order valence-corrected chi connectivity index (χ1v) is 7.50. The fourth-order valence-electron chi connectivity index (χ4n) is 2.49. The van der Waals surface area contributed by atoms with Crippen molar-refractivity contribution in [3.63, 3.8) is 0 Å². The summed E-state index contributed by atoms with van der Waals surface area (Å²) in [7, 11) is 3.01. The van der Waals surface area contributed by atoms with Crippen LogP contribution < -0.4 is 19.8 Å². The fourth-order valence-corrected chi connectivity index (χ4v) is 2.49. The molecule has 0 fully saturated rings. The molecule has 2 aromatic carbocycles. The number of hydrogen-bond donors (Lipinski definition) is 0. The lowest BCUT2D eigenvalue weighted by Crippen LogP contribution is -2.09. The van der Waals surface area contributed by atoms with Crippen LogP contribution in [0.3, 0.4) is 0 Å². The number of carbonyl (C=O) groups excluding carboxylic acids is 1. The number of rotatable bonds is 4. The van der Waals surface area contributed by atoms with Gasteiger partial charge in [-0.1, -0.05) is 0 Å². The molecule has 25 heavy (non-hydrogen) atoms. The summed E-state index contributed by atoms with van der Waals surface area (Å²) < 4.78 is 20.9. The average molecular weight is 340 g/mol. The van der Waals surface area contributed by atoms with E-state index in [2.05, 4.69) is 0 Å². The van der Waals surface area contributed by atoms with Crippen molar-refractivity contribution in [3.8, 4) is 17.2 Å². The highest BCUT2D eigenvalue weighted by Crippen LogP contribution is 2.28. The van der Waals surface area contributed by atoms with Crippen molar-refractivity contribution in [1.29, 1.82) is 0 Å². The molecule has 0 amide bonds. The monoisotopic (exact) mass is 340 g/mol. The highest BCUT2D eigenvalue weighted by Gasteiger charge is 2.14. The molecule has 0 unspecified atom stereocenters. The maximum absolute atomic E-state index is 12.4. The third kappa shape index (κ3) is 3.33. The van der Waals surface area contributed by atoms with Crippen molar-refractivity contribution in [2.75, 3.05) is 14.2 Å². The van der Waals surface area contributed by atoms with Gasteiger partial charge in [-0.15, -0.1) is 0 Å². The van der Waals surface area contributed by atoms with E-state index in [0.717, 1.165) is 5.56 Å². The van der Waals surface area contributed by atoms with E-state index < -0.39 is 11.6 Å². The smallest absolute Gasteiger partial charge is 0.343 e. The second kappa shape index (κ2) is 6.68. The molecule has 0 aliphatic rings. The lowest BCUT2D eigenvalue weighted by Gasteiger charge is -2.10. The zero-order valence-electron chi connectivity index (χ0n) is 14.0. The van der Waals surface area contributed by atoms with Crippen LogP contribution in [0, 0.1) is 6.92 Å². The van der Waals surface area contributed by atoms with Gasteiger partial charge in [0.1, 0.15) is 11.3 Å². The summed E-state index contributed by atoms with van der Waals surface area (Å²) in [6.45, 7) is 1.79. The molecule has 0 N–H and O–H groups in total. The highest BCUT2D eigenvalue weighted by atomic mass is 16.5. The van der Waals surface area contributed by atoms with Crippen LogP contribution in [0.1, 0.15) is 15.9 Å². The van der Waals surface area contributed by atoms with Crippen LogP contribution >= 0.6 is 0 Å². The molecule has 0 spiro atoms. The van der Waals surface area contributed by atoms with Gasteiger partial charge in [0.2, 0.25) is 0 Å². The first-order valence-electron chi connectivity index (χ1n) is 7.50. The normalized spacial score (nSPS) is 10.5. The van der Waals surface area contributed by atoms with Gasteiger partial charge in [-0.25, -0.2) is 9.59 Å². The van der Waals surface area contributed by atoms with Crippen molar-refractivity contribution >= 4 is 16.9 Å². The van der Waals surface area contributed by atoms with Gasteiger partial charge in [0.05, 0.1) is 19.8 Å². The zero-order chi connectivity index (χ0) is 18.0. The van der Waals surface area contributed by atoms with Crippen molar-refractivity contribution in [2.24, 2.45) is 0 Å². The second-order valence-corrected chi connectivity index (χ2v) is 5.37. The highest BCUT2D eigenvalue weighted by molar-refractivity contribution is 5.92. The minimum atomic E-state index is -0.532. The number of methoxy groups -OCH3 is 2. The Balaban J connectivity index is 1.90. The molecular weight excluding hydrogens is 324 g/mol. The Labute approximate surface area is 143 Å². The Hall–Kier alpha value is -3.28. The lowest BCUT2D eigenvalue weighted by molar-refractivity contribution is 0.0734. The van der Waals surface area contributed by atoms with Crippen LogP contribution in [0.5, 0.6) is 17.2 Å². The molecule has 0 saturated heterocycles. The summed E-state index contributed by atoms with van der Waals surface area (Å²) in [5.41, 5.74) is 1.10. The van der Waals surface area contributed by atoms with Crippen LogP contribution in [0.4, 0.5) is 0 Å². The van der Waals surface area contributed by atoms with Crippen LogP contribution in [0.15, 0.2) is 51.7 Å². The van der Waals surface area contributed by atoms with E-state index in [4.69, 9.17) is 18.6 Å². The van der Waals surface area contributed by atoms with Crippen molar-refractivity contribution in [3.05, 3.63) is 64.0 Å². The molecule has 6 nitrogen and oxygen atoms in total. The number of fused-ring (bicyclic) bond motifs is 1. The molecule has 128 valence electrons. The number of ether oxygens (including phenoxy) is 3. The number of carbonyl (C=O) groups is 1. The molecule has 3 aromatic rings. The van der Waals surface area contributed by atoms with Gasteiger partial charge in [-0.2, -0.15) is 0 Å². The van der Waals surface area contributed by atoms with E-state index in [1.807, 2.05) is 0 Å². The SMILES string of the molecule is COc1ccc(C(=O)Oc2ccc3oc(=O)cc(C)c3c2)cc1OC. The van der Waals surface area contributed by atoms with Crippen LogP contribution in [-0.2, 0) is 0 Å². The Bertz CT molecular complexity index is 1000. The van der Waals surface area contributed by atoms with Crippen molar-refractivity contribution in [1.82, 2.24) is 0 Å². The first kappa shape index (κ1) is 16.6. The van der Waals surface area contributed by atoms with E-state index in [-0.39, 0.29) is 0 Å². The van der Waals surface area contributed by atoms with Gasteiger partial charge < -0.3 is 18.6 Å². The van der Waals surface area contributed by atoms with Gasteiger partial charge in [0.25, 0.3) is 0 Å². The van der Waals surface area contributed by atoms with Gasteiger partial charge in [-0.3, -0.25) is 0 Å². The minimum absolute atomic E-state index is 0.328. The third-order valence-electron chi connectivity index (χ3n) is 3.75. The van der Waals surface area contributed by atoms with Crippen LogP contribution in [0.25, 0.3) is 11.0 Å². The Morgan fingerprint density at radius 1 is 0.960 bits per heavy atom. The van der Waals surface area contributed by atoms with Crippen LogP contribution in [0.2, 0.25) is 0 Å². The number of benzene rings is 2. The molecule has 3 rings (SSSR count). The number of hydrogen-bond acceptors (Lipinski definition) is 6. The van der Waals surface area contributed by atoms with Gasteiger partial charge >= 0.3 is 11.6 Å². The summed E-state index contributed by atoms with van der Waals surface area (Å²) in [5, 5.41) is 0.706. The van der Waals surface area contributed by atoms with Gasteiger partial charge in [0.15, 0.2) is 11.5 Å². The maximum Gasteiger partial charge on any atom is 0.343 e. The van der Waals surface area contributed by atoms with Gasteiger partial charge in [-0.05, 0) is 48.9 Å². The Kier molecular flexibility index (Phi) is 4.43. The topological polar surface area (TPSA) is 75.0 Å². The van der Waals surface area contributed by atoms with E-state index in [1.165, 1.54) is 20.3 Å². The summed E-state index contributed by atoms with van der Waals surface area (Å²) in [4.78, 5) is 23.8. The molecule has 1 aromatic heterocycles. The standard InChI is InChI=1S/C19H16O6/c1-11-8-18(20)25-15-7-5-13(10-14(11)15)24-19(21)12-4-6-16(22-2)17(9-12)23-3/h4-10H,1-3H3. The van der Waals surface area contributed by atoms with E-state index in [9.17, 15) is 9.59 Å². The number of aryl methyl sites for hydroxylation is 1. The minimum Gasteiger partial charge on any atom is -0.493 e. The zero-order valence-corrected chi connectivity index (χ0v) is 14.0. The molecule has 0 aliphatic carbocycles. The molecule has 0 radical (unpaired) electrons. The quantitative estimate of drug-likeness (QED) is 0.412. The molecule has 0 bridgehead atoms. The van der Waals surface area contributed by atoms with Crippen molar-refractivity contribution < 1.29 is 23.4 Å². The molecule has 0 atom stereocenters. The summed E-state index contributed by atoms with van der Waals surface area (Å²) in [5.74, 6) is 0.781. The second-order valence-electron chi connectivity index (χ2n) is 5.37. The van der Waals surface area contributed by atoms with E-state index in [1.54, 1.807) is 43.3 Å². The Morgan fingerprint density at radius 3 is 2.44 bits per heavy atom. The third-order valence-corrected chi connectivity index (χ3v) is 3.75. The summed E-state index contributed by atoms with van der Waals surface area (Å²) in [6.07, 6.45) is 0. The fraction of sp³-hybridized carbons (Fsp3) is 0.158. The summed E-state index contributed by atoms with van der Waals surface area (Å²) >= 11 is 0. The number of esters is 1. The van der Waals surface area contributed by atoms with E-state index >= 15 is 0 Å². The largest absolute Gasteiger partial charge is 0.493 e. The lowest BCUT2D eigenvalue weighted by atomic mass is 10.1. The van der Waals surface area contributed by atoms with Crippen molar-refractivity contribution in [2.45, 2.75) is 6.92 Å². The average Bonchev–Trinajstić information content (AvgIpc) is 2.61. The molecule has 0 saturated carbocycles. The Morgan fingerprint density at radius 2 is 1.72 bits per heavy atom. The first-order chi connectivity index (χ1) is 12.0. The van der Waals surface area contributed by atoms with E-state index in [0.29, 0.717) is 33.8 Å².